The van der Waals surface area contributed by atoms with Crippen LogP contribution in [0.25, 0.3) is 0 Å². The molecule has 64 heavy (non-hydrogen) atoms. The lowest BCUT2D eigenvalue weighted by atomic mass is 10.0. The summed E-state index contributed by atoms with van der Waals surface area (Å²) in [6, 6.07) is -0.634. The summed E-state index contributed by atoms with van der Waals surface area (Å²) in [4.78, 5) is 24.4. The minimum absolute atomic E-state index is 0.00926. The van der Waals surface area contributed by atoms with Crippen LogP contribution in [0.3, 0.4) is 0 Å². The Hall–Kier alpha value is -2.18. The number of nitrogens with one attached hydrogen (secondary N) is 1. The van der Waals surface area contributed by atoms with Crippen LogP contribution in [0.15, 0.2) is 48.6 Å². The Morgan fingerprint density at radius 2 is 0.781 bits per heavy atom. The van der Waals surface area contributed by atoms with Crippen LogP contribution >= 0.6 is 0 Å². The van der Waals surface area contributed by atoms with Crippen molar-refractivity contribution in [3.63, 3.8) is 0 Å². The number of carbonyl (C=O) groups is 2. The first-order valence-corrected chi connectivity index (χ1v) is 27.9. The van der Waals surface area contributed by atoms with Crippen LogP contribution in [0.1, 0.15) is 284 Å². The number of ether oxygens (including phenoxy) is 1. The molecule has 0 aliphatic heterocycles. The highest BCUT2D eigenvalue weighted by atomic mass is 16.5. The normalized spacial score (nSPS) is 13.0. The highest BCUT2D eigenvalue weighted by Crippen LogP contribution is 2.15. The highest BCUT2D eigenvalue weighted by molar-refractivity contribution is 5.76. The molecule has 0 bridgehead atoms. The minimum Gasteiger partial charge on any atom is -0.466 e. The molecule has 0 heterocycles. The number of hydrogen-bond donors (Lipinski definition) is 3. The fraction of sp³-hybridized carbons (Fsp3) is 0.828. The third kappa shape index (κ3) is 49.3. The molecule has 0 rings (SSSR count). The van der Waals surface area contributed by atoms with E-state index in [-0.39, 0.29) is 18.5 Å². The first-order chi connectivity index (χ1) is 31.5. The third-order valence-electron chi connectivity index (χ3n) is 12.6. The van der Waals surface area contributed by atoms with E-state index in [1.807, 2.05) is 6.08 Å². The highest BCUT2D eigenvalue weighted by Gasteiger charge is 2.18. The molecule has 3 N–H and O–H groups in total. The van der Waals surface area contributed by atoms with Crippen molar-refractivity contribution < 1.29 is 24.5 Å². The van der Waals surface area contributed by atoms with Crippen LogP contribution in [0.2, 0.25) is 0 Å². The summed E-state index contributed by atoms with van der Waals surface area (Å²) in [6.45, 7) is 4.85. The fourth-order valence-corrected chi connectivity index (χ4v) is 8.25. The summed E-state index contributed by atoms with van der Waals surface area (Å²) in [5.74, 6) is -0.0878. The average molecular weight is 898 g/mol. The van der Waals surface area contributed by atoms with Crippen molar-refractivity contribution in [1.82, 2.24) is 5.32 Å². The molecule has 2 atom stereocenters. The van der Waals surface area contributed by atoms with Crippen molar-refractivity contribution in [2.75, 3.05) is 13.2 Å². The largest absolute Gasteiger partial charge is 0.466 e. The topological polar surface area (TPSA) is 95.9 Å². The number of esters is 1. The van der Waals surface area contributed by atoms with Crippen LogP contribution in [-0.4, -0.2) is 47.4 Å². The van der Waals surface area contributed by atoms with Gasteiger partial charge >= 0.3 is 5.97 Å². The number of unbranched alkanes of at least 4 members (excludes halogenated alkanes) is 34. The molecule has 0 aromatic carbocycles. The van der Waals surface area contributed by atoms with Gasteiger partial charge in [0, 0.05) is 12.8 Å². The van der Waals surface area contributed by atoms with E-state index in [0.717, 1.165) is 57.8 Å². The Morgan fingerprint density at radius 1 is 0.438 bits per heavy atom. The van der Waals surface area contributed by atoms with Crippen molar-refractivity contribution in [3.8, 4) is 0 Å². The molecule has 6 nitrogen and oxygen atoms in total. The van der Waals surface area contributed by atoms with Crippen molar-refractivity contribution in [2.24, 2.45) is 0 Å². The van der Waals surface area contributed by atoms with Crippen LogP contribution in [0, 0.1) is 0 Å². The van der Waals surface area contributed by atoms with E-state index in [0.29, 0.717) is 19.4 Å². The summed E-state index contributed by atoms with van der Waals surface area (Å²) in [6.07, 6.45) is 67.0. The van der Waals surface area contributed by atoms with E-state index in [1.54, 1.807) is 6.08 Å². The Balaban J connectivity index is 3.46. The van der Waals surface area contributed by atoms with E-state index < -0.39 is 12.1 Å². The summed E-state index contributed by atoms with van der Waals surface area (Å²) >= 11 is 0. The molecular weight excluding hydrogens is 791 g/mol. The first kappa shape index (κ1) is 61.8. The lowest BCUT2D eigenvalue weighted by molar-refractivity contribution is -0.143. The smallest absolute Gasteiger partial charge is 0.305 e. The molecule has 0 saturated heterocycles. The molecular formula is C58H107NO5. The zero-order valence-electron chi connectivity index (χ0n) is 42.5. The standard InChI is InChI=1S/C58H107NO5/c1-3-5-7-9-11-13-15-17-24-28-32-36-40-44-48-52-58(63)64-53-49-45-41-37-33-29-26-23-21-19-18-20-22-25-27-31-35-39-43-47-51-57(62)59-55(54-60)56(61)50-46-42-38-34-30-16-14-12-10-8-6-4-2/h11,13,17-18,20,24,46,50,55-56,60-61H,3-10,12,14-16,19,21-23,25-45,47-49,51-54H2,1-2H3,(H,59,62)/b13-11-,20-18-,24-17-,50-46+. The SMILES string of the molecule is CCCCC/C=C\C/C=C\CCCCCCCC(=O)OCCCCCCCCCCC/C=C\CCCCCCCCCC(=O)NC(CO)C(O)/C=C/CCCCCCCCCCCC. The van der Waals surface area contributed by atoms with Gasteiger partial charge in [-0.25, -0.2) is 0 Å². The van der Waals surface area contributed by atoms with Gasteiger partial charge in [-0.2, -0.15) is 0 Å². The monoisotopic (exact) mass is 898 g/mol. The first-order valence-electron chi connectivity index (χ1n) is 27.9. The van der Waals surface area contributed by atoms with E-state index in [9.17, 15) is 19.8 Å². The molecule has 374 valence electrons. The number of aliphatic hydroxyl groups is 2. The molecule has 0 spiro atoms. The van der Waals surface area contributed by atoms with Crippen LogP contribution < -0.4 is 5.32 Å². The van der Waals surface area contributed by atoms with Gasteiger partial charge in [0.1, 0.15) is 0 Å². The van der Waals surface area contributed by atoms with Gasteiger partial charge in [-0.05, 0) is 89.9 Å². The van der Waals surface area contributed by atoms with Gasteiger partial charge in [0.15, 0.2) is 0 Å². The number of aliphatic hydroxyl groups excluding tert-OH is 2. The van der Waals surface area contributed by atoms with Crippen molar-refractivity contribution in [1.29, 1.82) is 0 Å². The van der Waals surface area contributed by atoms with Gasteiger partial charge in [0.2, 0.25) is 5.91 Å². The van der Waals surface area contributed by atoms with Crippen LogP contribution in [-0.2, 0) is 14.3 Å². The number of rotatable bonds is 51. The summed E-state index contributed by atoms with van der Waals surface area (Å²) in [5.41, 5.74) is 0. The summed E-state index contributed by atoms with van der Waals surface area (Å²) < 4.78 is 5.46. The summed E-state index contributed by atoms with van der Waals surface area (Å²) in [7, 11) is 0. The van der Waals surface area contributed by atoms with Gasteiger partial charge in [0.25, 0.3) is 0 Å². The minimum atomic E-state index is -0.849. The Morgan fingerprint density at radius 3 is 1.23 bits per heavy atom. The Bertz CT molecular complexity index is 1080. The fourth-order valence-electron chi connectivity index (χ4n) is 8.25. The predicted molar refractivity (Wildman–Crippen MR) is 278 cm³/mol. The van der Waals surface area contributed by atoms with Gasteiger partial charge in [-0.1, -0.05) is 229 Å². The maximum absolute atomic E-state index is 12.4. The lowest BCUT2D eigenvalue weighted by Crippen LogP contribution is -2.45. The van der Waals surface area contributed by atoms with E-state index in [1.165, 1.54) is 199 Å². The molecule has 0 saturated carbocycles. The van der Waals surface area contributed by atoms with Gasteiger partial charge < -0.3 is 20.3 Å². The Kier molecular flexibility index (Phi) is 51.6. The van der Waals surface area contributed by atoms with E-state index >= 15 is 0 Å². The zero-order valence-corrected chi connectivity index (χ0v) is 42.5. The second kappa shape index (κ2) is 53.4. The summed E-state index contributed by atoms with van der Waals surface area (Å²) in [5, 5.41) is 23.0. The quantitative estimate of drug-likeness (QED) is 0.0321. The number of amides is 1. The molecule has 0 aliphatic carbocycles. The van der Waals surface area contributed by atoms with E-state index in [4.69, 9.17) is 4.74 Å². The molecule has 1 amide bonds. The molecule has 2 unspecified atom stereocenters. The number of allylic oxidation sites excluding steroid dienone is 7. The van der Waals surface area contributed by atoms with Gasteiger partial charge in [-0.3, -0.25) is 9.59 Å². The lowest BCUT2D eigenvalue weighted by Gasteiger charge is -2.20. The third-order valence-corrected chi connectivity index (χ3v) is 12.6. The number of hydrogen-bond acceptors (Lipinski definition) is 5. The van der Waals surface area contributed by atoms with Crippen LogP contribution in [0.5, 0.6) is 0 Å². The maximum Gasteiger partial charge on any atom is 0.305 e. The number of carbonyl (C=O) groups excluding carboxylic acids is 2. The second-order valence-corrected chi connectivity index (χ2v) is 18.9. The molecule has 0 radical (unpaired) electrons. The average Bonchev–Trinajstić information content (AvgIpc) is 3.29. The molecule has 0 aliphatic rings. The molecule has 0 fully saturated rings. The second-order valence-electron chi connectivity index (χ2n) is 18.9. The van der Waals surface area contributed by atoms with Gasteiger partial charge in [0.05, 0.1) is 25.4 Å². The van der Waals surface area contributed by atoms with Crippen molar-refractivity contribution >= 4 is 11.9 Å². The van der Waals surface area contributed by atoms with Crippen LogP contribution in [0.4, 0.5) is 0 Å². The Labute approximate surface area is 397 Å². The zero-order chi connectivity index (χ0) is 46.5. The predicted octanol–water partition coefficient (Wildman–Crippen LogP) is 17.0. The van der Waals surface area contributed by atoms with Crippen molar-refractivity contribution in [3.05, 3.63) is 48.6 Å². The molecule has 0 aromatic rings. The maximum atomic E-state index is 12.4. The molecule has 0 aromatic heterocycles. The molecule has 6 heteroatoms. The van der Waals surface area contributed by atoms with Crippen molar-refractivity contribution in [2.45, 2.75) is 296 Å². The van der Waals surface area contributed by atoms with Gasteiger partial charge in [-0.15, -0.1) is 0 Å². The van der Waals surface area contributed by atoms with E-state index in [2.05, 4.69) is 55.6 Å².